The molecule has 10 nitrogen and oxygen atoms in total. The number of hydrogen-bond donors (Lipinski definition) is 4. The average Bonchev–Trinajstić information content (AvgIpc) is 2.86. The van der Waals surface area contributed by atoms with Crippen molar-refractivity contribution in [1.82, 2.24) is 20.5 Å². The van der Waals surface area contributed by atoms with E-state index < -0.39 is 21.9 Å². The van der Waals surface area contributed by atoms with Gasteiger partial charge in [0.15, 0.2) is 9.84 Å². The first-order chi connectivity index (χ1) is 8.98. The molecule has 4 N–H and O–H groups in total. The second-order valence-corrected chi connectivity index (χ2v) is 6.20. The Morgan fingerprint density at radius 2 is 2.26 bits per heavy atom. The summed E-state index contributed by atoms with van der Waals surface area (Å²) in [6.45, 7) is 0. The van der Waals surface area contributed by atoms with Gasteiger partial charge >= 0.3 is 6.03 Å². The molecule has 2 rings (SSSR count). The standard InChI is InChI=1S/C8H12N6O4S/c15-4-9-6-11-7(14-13-6)12-8(16)10-5-1-2-19(17,18)3-5/h4-5H,1-3H2,(H4,9,10,11,12,13,14,15,16). The van der Waals surface area contributed by atoms with Gasteiger partial charge in [0.1, 0.15) is 0 Å². The molecule has 0 aliphatic carbocycles. The fourth-order valence-corrected chi connectivity index (χ4v) is 3.35. The van der Waals surface area contributed by atoms with Crippen molar-refractivity contribution in [2.75, 3.05) is 22.1 Å². The minimum Gasteiger partial charge on any atom is -0.334 e. The van der Waals surface area contributed by atoms with Crippen molar-refractivity contribution in [3.05, 3.63) is 0 Å². The summed E-state index contributed by atoms with van der Waals surface area (Å²) in [7, 11) is -3.04. The van der Waals surface area contributed by atoms with Crippen LogP contribution in [0.5, 0.6) is 0 Å². The van der Waals surface area contributed by atoms with Crippen LogP contribution in [0.25, 0.3) is 0 Å². The molecule has 104 valence electrons. The van der Waals surface area contributed by atoms with Crippen LogP contribution in [0.3, 0.4) is 0 Å². The molecule has 11 heteroatoms. The van der Waals surface area contributed by atoms with Crippen LogP contribution in [0.4, 0.5) is 16.7 Å². The Bertz CT molecular complexity index is 582. The fraction of sp³-hybridized carbons (Fsp3) is 0.500. The average molecular weight is 288 g/mol. The molecule has 1 unspecified atom stereocenters. The van der Waals surface area contributed by atoms with E-state index in [0.717, 1.165) is 0 Å². The molecule has 0 radical (unpaired) electrons. The third-order valence-corrected chi connectivity index (χ3v) is 4.24. The third kappa shape index (κ3) is 3.64. The van der Waals surface area contributed by atoms with Crippen LogP contribution in [-0.4, -0.2) is 53.6 Å². The minimum atomic E-state index is -3.04. The van der Waals surface area contributed by atoms with E-state index >= 15 is 0 Å². The smallest absolute Gasteiger partial charge is 0.321 e. The molecular formula is C8H12N6O4S. The topological polar surface area (TPSA) is 146 Å². The summed E-state index contributed by atoms with van der Waals surface area (Å²) < 4.78 is 22.4. The molecule has 0 bridgehead atoms. The van der Waals surface area contributed by atoms with E-state index in [9.17, 15) is 18.0 Å². The van der Waals surface area contributed by atoms with E-state index in [1.165, 1.54) is 0 Å². The number of hydrogen-bond acceptors (Lipinski definition) is 6. The highest BCUT2D eigenvalue weighted by atomic mass is 32.2. The van der Waals surface area contributed by atoms with Crippen molar-refractivity contribution in [3.63, 3.8) is 0 Å². The van der Waals surface area contributed by atoms with Gasteiger partial charge in [0.25, 0.3) is 0 Å². The lowest BCUT2D eigenvalue weighted by Gasteiger charge is -2.10. The Balaban J connectivity index is 1.85. The highest BCUT2D eigenvalue weighted by molar-refractivity contribution is 7.91. The summed E-state index contributed by atoms with van der Waals surface area (Å²) >= 11 is 0. The number of H-pyrrole nitrogens is 1. The van der Waals surface area contributed by atoms with E-state index in [4.69, 9.17) is 0 Å². The van der Waals surface area contributed by atoms with Gasteiger partial charge in [-0.1, -0.05) is 0 Å². The molecule has 1 aliphatic rings. The van der Waals surface area contributed by atoms with Crippen molar-refractivity contribution in [2.45, 2.75) is 12.5 Å². The zero-order valence-electron chi connectivity index (χ0n) is 9.71. The van der Waals surface area contributed by atoms with Crippen LogP contribution in [-0.2, 0) is 14.6 Å². The predicted octanol–water partition coefficient (Wildman–Crippen LogP) is -1.32. The largest absolute Gasteiger partial charge is 0.334 e. The quantitative estimate of drug-likeness (QED) is 0.505. The number of carbonyl (C=O) groups is 2. The molecule has 2 heterocycles. The highest BCUT2D eigenvalue weighted by Gasteiger charge is 2.29. The summed E-state index contributed by atoms with van der Waals surface area (Å²) in [6, 6.07) is -0.989. The molecule has 0 spiro atoms. The number of urea groups is 1. The highest BCUT2D eigenvalue weighted by Crippen LogP contribution is 2.11. The number of nitrogens with zero attached hydrogens (tertiary/aromatic N) is 2. The maximum atomic E-state index is 11.6. The maximum absolute atomic E-state index is 11.6. The van der Waals surface area contributed by atoms with Crippen LogP contribution in [0, 0.1) is 0 Å². The Morgan fingerprint density at radius 3 is 2.89 bits per heavy atom. The molecule has 1 aromatic heterocycles. The summed E-state index contributed by atoms with van der Waals surface area (Å²) in [4.78, 5) is 25.4. The Labute approximate surface area is 108 Å². The molecule has 1 aliphatic heterocycles. The second kappa shape index (κ2) is 5.22. The van der Waals surface area contributed by atoms with Crippen molar-refractivity contribution in [2.24, 2.45) is 0 Å². The number of amides is 3. The molecule has 3 amide bonds. The molecule has 0 aromatic carbocycles. The molecular weight excluding hydrogens is 276 g/mol. The number of anilines is 2. The van der Waals surface area contributed by atoms with Gasteiger partial charge in [-0.2, -0.15) is 4.98 Å². The second-order valence-electron chi connectivity index (χ2n) is 3.97. The summed E-state index contributed by atoms with van der Waals surface area (Å²) in [5.41, 5.74) is 0. The first-order valence-corrected chi connectivity index (χ1v) is 7.21. The predicted molar refractivity (Wildman–Crippen MR) is 65.3 cm³/mol. The zero-order valence-corrected chi connectivity index (χ0v) is 10.5. The van der Waals surface area contributed by atoms with Crippen LogP contribution in [0.15, 0.2) is 0 Å². The SMILES string of the molecule is O=CNc1n[nH]c(NC(=O)NC2CCS(=O)(=O)C2)n1. The lowest BCUT2D eigenvalue weighted by Crippen LogP contribution is -2.38. The van der Waals surface area contributed by atoms with Crippen LogP contribution < -0.4 is 16.0 Å². The Hall–Kier alpha value is -2.17. The maximum Gasteiger partial charge on any atom is 0.321 e. The molecule has 1 saturated heterocycles. The molecule has 1 aromatic rings. The van der Waals surface area contributed by atoms with Crippen molar-refractivity contribution >= 4 is 34.2 Å². The molecule has 19 heavy (non-hydrogen) atoms. The molecule has 0 saturated carbocycles. The number of aromatic nitrogens is 3. The van der Waals surface area contributed by atoms with Crippen LogP contribution >= 0.6 is 0 Å². The minimum absolute atomic E-state index is 0.0220. The zero-order chi connectivity index (χ0) is 13.9. The number of aromatic amines is 1. The van der Waals surface area contributed by atoms with Crippen molar-refractivity contribution in [3.8, 4) is 0 Å². The van der Waals surface area contributed by atoms with Gasteiger partial charge in [0.2, 0.25) is 18.3 Å². The van der Waals surface area contributed by atoms with Crippen LogP contribution in [0.1, 0.15) is 6.42 Å². The summed E-state index contributed by atoms with van der Waals surface area (Å²) in [5, 5.41) is 13.0. The Kier molecular flexibility index (Phi) is 3.64. The van der Waals surface area contributed by atoms with E-state index in [0.29, 0.717) is 12.8 Å². The first kappa shape index (κ1) is 13.3. The monoisotopic (exact) mass is 288 g/mol. The van der Waals surface area contributed by atoms with E-state index in [-0.39, 0.29) is 23.4 Å². The number of carbonyl (C=O) groups excluding carboxylic acids is 2. The summed E-state index contributed by atoms with van der Waals surface area (Å²) in [5.74, 6) is 0.0825. The Morgan fingerprint density at radius 1 is 1.47 bits per heavy atom. The summed E-state index contributed by atoms with van der Waals surface area (Å²) in [6.07, 6.45) is 0.792. The number of nitrogens with one attached hydrogen (secondary N) is 4. The lowest BCUT2D eigenvalue weighted by atomic mass is 10.3. The van der Waals surface area contributed by atoms with Crippen molar-refractivity contribution < 1.29 is 18.0 Å². The third-order valence-electron chi connectivity index (χ3n) is 2.47. The van der Waals surface area contributed by atoms with Gasteiger partial charge in [0.05, 0.1) is 11.5 Å². The number of rotatable bonds is 4. The van der Waals surface area contributed by atoms with E-state index in [1.807, 2.05) is 0 Å². The fourth-order valence-electron chi connectivity index (χ4n) is 1.67. The van der Waals surface area contributed by atoms with Gasteiger partial charge < -0.3 is 5.32 Å². The van der Waals surface area contributed by atoms with Crippen LogP contribution in [0.2, 0.25) is 0 Å². The van der Waals surface area contributed by atoms with E-state index in [2.05, 4.69) is 31.1 Å². The normalized spacial score (nSPS) is 20.7. The van der Waals surface area contributed by atoms with Gasteiger partial charge in [-0.3, -0.25) is 15.4 Å². The molecule has 1 fully saturated rings. The van der Waals surface area contributed by atoms with E-state index in [1.54, 1.807) is 0 Å². The number of sulfone groups is 1. The first-order valence-electron chi connectivity index (χ1n) is 5.39. The van der Waals surface area contributed by atoms with Gasteiger partial charge in [-0.15, -0.1) is 5.10 Å². The van der Waals surface area contributed by atoms with Gasteiger partial charge in [-0.25, -0.2) is 18.3 Å². The van der Waals surface area contributed by atoms with Gasteiger partial charge in [0, 0.05) is 6.04 Å². The van der Waals surface area contributed by atoms with Crippen molar-refractivity contribution in [1.29, 1.82) is 0 Å². The lowest BCUT2D eigenvalue weighted by molar-refractivity contribution is -0.105. The van der Waals surface area contributed by atoms with Gasteiger partial charge in [-0.05, 0) is 6.42 Å². The molecule has 1 atom stereocenters.